The average Bonchev–Trinajstić information content (AvgIpc) is 2.81. The lowest BCUT2D eigenvalue weighted by atomic mass is 9.96. The Balaban J connectivity index is 1.27. The molecule has 2 fully saturated rings. The fourth-order valence-electron chi connectivity index (χ4n) is 4.41. The van der Waals surface area contributed by atoms with E-state index in [0.717, 1.165) is 30.8 Å². The van der Waals surface area contributed by atoms with Crippen molar-refractivity contribution in [2.75, 3.05) is 31.5 Å². The molecule has 2 N–H and O–H groups in total. The van der Waals surface area contributed by atoms with Gasteiger partial charge in [-0.25, -0.2) is 9.97 Å². The highest BCUT2D eigenvalue weighted by atomic mass is 16.1. The Morgan fingerprint density at radius 2 is 1.57 bits per heavy atom. The van der Waals surface area contributed by atoms with Gasteiger partial charge in [-0.1, -0.05) is 37.8 Å². The zero-order valence-corrected chi connectivity index (χ0v) is 17.8. The monoisotopic (exact) mass is 407 g/mol. The molecule has 0 spiro atoms. The van der Waals surface area contributed by atoms with E-state index in [2.05, 4.69) is 25.5 Å². The molecule has 0 atom stereocenters. The second kappa shape index (κ2) is 10.5. The quantitative estimate of drug-likeness (QED) is 0.723. The molecule has 1 aliphatic carbocycles. The smallest absolute Gasteiger partial charge is 0.251 e. The van der Waals surface area contributed by atoms with Crippen LogP contribution in [0, 0.1) is 0 Å². The number of hydrogen-bond acceptors (Lipinski definition) is 5. The van der Waals surface area contributed by atoms with Crippen LogP contribution in [-0.4, -0.2) is 53.0 Å². The van der Waals surface area contributed by atoms with Gasteiger partial charge < -0.3 is 15.5 Å². The van der Waals surface area contributed by atoms with Gasteiger partial charge in [0.15, 0.2) is 0 Å². The van der Waals surface area contributed by atoms with E-state index >= 15 is 0 Å². The number of benzene rings is 1. The van der Waals surface area contributed by atoms with Crippen LogP contribution in [0.2, 0.25) is 0 Å². The molecule has 0 bridgehead atoms. The van der Waals surface area contributed by atoms with Crippen LogP contribution in [0.3, 0.4) is 0 Å². The van der Waals surface area contributed by atoms with Crippen molar-refractivity contribution in [3.8, 4) is 11.1 Å². The number of piperidine rings is 1. The highest BCUT2D eigenvalue weighted by molar-refractivity contribution is 5.94. The van der Waals surface area contributed by atoms with Gasteiger partial charge in [0.05, 0.1) is 0 Å². The highest BCUT2D eigenvalue weighted by Gasteiger charge is 2.14. The standard InChI is InChI=1S/C24H33N5O/c30-23(25-13-16-29-14-5-2-6-15-29)20-11-9-19(10-12-20)21-17-26-24(27-18-21)28-22-7-3-1-4-8-22/h9-12,17-18,22H,1-8,13-16H2,(H,25,30)(H,26,27,28). The van der Waals surface area contributed by atoms with Crippen molar-refractivity contribution in [2.24, 2.45) is 0 Å². The molecule has 2 aromatic rings. The number of nitrogens with one attached hydrogen (secondary N) is 2. The van der Waals surface area contributed by atoms with Gasteiger partial charge in [0.25, 0.3) is 5.91 Å². The minimum Gasteiger partial charge on any atom is -0.351 e. The van der Waals surface area contributed by atoms with Crippen molar-refractivity contribution < 1.29 is 4.79 Å². The van der Waals surface area contributed by atoms with Crippen LogP contribution in [0.1, 0.15) is 61.7 Å². The van der Waals surface area contributed by atoms with Crippen molar-refractivity contribution in [3.63, 3.8) is 0 Å². The molecule has 2 heterocycles. The average molecular weight is 408 g/mol. The second-order valence-electron chi connectivity index (χ2n) is 8.51. The molecule has 1 aromatic heterocycles. The minimum atomic E-state index is -0.0122. The first-order valence-corrected chi connectivity index (χ1v) is 11.5. The number of carbonyl (C=O) groups excluding carboxylic acids is 1. The van der Waals surface area contributed by atoms with Gasteiger partial charge in [0.2, 0.25) is 5.95 Å². The van der Waals surface area contributed by atoms with Crippen molar-refractivity contribution in [3.05, 3.63) is 42.2 Å². The molecule has 30 heavy (non-hydrogen) atoms. The molecule has 1 aliphatic heterocycles. The molecule has 6 heteroatoms. The number of likely N-dealkylation sites (tertiary alicyclic amines) is 1. The molecule has 1 amide bonds. The van der Waals surface area contributed by atoms with Gasteiger partial charge in [0.1, 0.15) is 0 Å². The van der Waals surface area contributed by atoms with Crippen LogP contribution in [0.15, 0.2) is 36.7 Å². The third kappa shape index (κ3) is 5.79. The lowest BCUT2D eigenvalue weighted by molar-refractivity contribution is 0.0946. The van der Waals surface area contributed by atoms with E-state index in [1.165, 1.54) is 51.4 Å². The van der Waals surface area contributed by atoms with Gasteiger partial charge in [-0.3, -0.25) is 4.79 Å². The number of rotatable bonds is 7. The van der Waals surface area contributed by atoms with E-state index in [0.29, 0.717) is 24.1 Å². The molecule has 2 aliphatic rings. The number of hydrogen-bond donors (Lipinski definition) is 2. The maximum atomic E-state index is 12.4. The van der Waals surface area contributed by atoms with Crippen LogP contribution >= 0.6 is 0 Å². The molecule has 0 radical (unpaired) electrons. The van der Waals surface area contributed by atoms with E-state index in [1.807, 2.05) is 36.7 Å². The molecule has 1 aromatic carbocycles. The number of amides is 1. The van der Waals surface area contributed by atoms with E-state index in [9.17, 15) is 4.79 Å². The Labute approximate surface area is 179 Å². The van der Waals surface area contributed by atoms with Crippen LogP contribution in [-0.2, 0) is 0 Å². The minimum absolute atomic E-state index is 0.0122. The lowest BCUT2D eigenvalue weighted by Gasteiger charge is -2.26. The summed E-state index contributed by atoms with van der Waals surface area (Å²) >= 11 is 0. The second-order valence-corrected chi connectivity index (χ2v) is 8.51. The summed E-state index contributed by atoms with van der Waals surface area (Å²) in [5, 5.41) is 6.49. The van der Waals surface area contributed by atoms with Crippen LogP contribution in [0.25, 0.3) is 11.1 Å². The zero-order valence-electron chi connectivity index (χ0n) is 17.8. The predicted octanol–water partition coefficient (Wildman–Crippen LogP) is 4.10. The molecular weight excluding hydrogens is 374 g/mol. The maximum Gasteiger partial charge on any atom is 0.251 e. The SMILES string of the molecule is O=C(NCCN1CCCCC1)c1ccc(-c2cnc(NC3CCCCC3)nc2)cc1. The molecular formula is C24H33N5O. The van der Waals surface area contributed by atoms with Crippen molar-refractivity contribution >= 4 is 11.9 Å². The molecule has 0 unspecified atom stereocenters. The summed E-state index contributed by atoms with van der Waals surface area (Å²) in [4.78, 5) is 23.8. The predicted molar refractivity (Wildman–Crippen MR) is 121 cm³/mol. The Hall–Kier alpha value is -2.47. The van der Waals surface area contributed by atoms with Crippen LogP contribution in [0.5, 0.6) is 0 Å². The van der Waals surface area contributed by atoms with Gasteiger partial charge >= 0.3 is 0 Å². The number of nitrogens with zero attached hydrogens (tertiary/aromatic N) is 3. The molecule has 1 saturated carbocycles. The molecule has 1 saturated heterocycles. The summed E-state index contributed by atoms with van der Waals surface area (Å²) in [6.07, 6.45) is 13.9. The summed E-state index contributed by atoms with van der Waals surface area (Å²) in [7, 11) is 0. The van der Waals surface area contributed by atoms with E-state index in [-0.39, 0.29) is 5.91 Å². The first kappa shape index (κ1) is 20.8. The Kier molecular flexibility index (Phi) is 7.29. The topological polar surface area (TPSA) is 70.2 Å². The van der Waals surface area contributed by atoms with Crippen LogP contribution in [0.4, 0.5) is 5.95 Å². The molecule has 6 nitrogen and oxygen atoms in total. The first-order valence-electron chi connectivity index (χ1n) is 11.5. The van der Waals surface area contributed by atoms with E-state index in [1.54, 1.807) is 0 Å². The number of anilines is 1. The summed E-state index contributed by atoms with van der Waals surface area (Å²) in [6, 6.07) is 8.18. The van der Waals surface area contributed by atoms with Crippen molar-refractivity contribution in [2.45, 2.75) is 57.4 Å². The fourth-order valence-corrected chi connectivity index (χ4v) is 4.41. The van der Waals surface area contributed by atoms with Gasteiger partial charge in [-0.2, -0.15) is 0 Å². The first-order chi connectivity index (χ1) is 14.8. The van der Waals surface area contributed by atoms with Crippen molar-refractivity contribution in [1.82, 2.24) is 20.2 Å². The fraction of sp³-hybridized carbons (Fsp3) is 0.542. The van der Waals surface area contributed by atoms with Crippen LogP contribution < -0.4 is 10.6 Å². The summed E-state index contributed by atoms with van der Waals surface area (Å²) in [6.45, 7) is 3.94. The van der Waals surface area contributed by atoms with E-state index < -0.39 is 0 Å². The highest BCUT2D eigenvalue weighted by Crippen LogP contribution is 2.22. The lowest BCUT2D eigenvalue weighted by Crippen LogP contribution is -2.37. The summed E-state index contributed by atoms with van der Waals surface area (Å²) < 4.78 is 0. The Morgan fingerprint density at radius 3 is 2.27 bits per heavy atom. The molecule has 4 rings (SSSR count). The van der Waals surface area contributed by atoms with E-state index in [4.69, 9.17) is 0 Å². The third-order valence-corrected chi connectivity index (χ3v) is 6.23. The van der Waals surface area contributed by atoms with Gasteiger partial charge in [-0.15, -0.1) is 0 Å². The van der Waals surface area contributed by atoms with Gasteiger partial charge in [0, 0.05) is 42.7 Å². The Morgan fingerprint density at radius 1 is 0.900 bits per heavy atom. The maximum absolute atomic E-state index is 12.4. The number of carbonyl (C=O) groups is 1. The zero-order chi connectivity index (χ0) is 20.6. The number of aromatic nitrogens is 2. The normalized spacial score (nSPS) is 18.1. The summed E-state index contributed by atoms with van der Waals surface area (Å²) in [5.74, 6) is 0.692. The van der Waals surface area contributed by atoms with Crippen molar-refractivity contribution in [1.29, 1.82) is 0 Å². The largest absolute Gasteiger partial charge is 0.351 e. The summed E-state index contributed by atoms with van der Waals surface area (Å²) in [5.41, 5.74) is 2.67. The third-order valence-electron chi connectivity index (χ3n) is 6.23. The Bertz CT molecular complexity index is 793. The van der Waals surface area contributed by atoms with Gasteiger partial charge in [-0.05, 0) is 56.5 Å². The molecule has 160 valence electrons.